The largest absolute Gasteiger partial charge is 0.481 e. The molecule has 1 atom stereocenters. The van der Waals surface area contributed by atoms with Crippen molar-refractivity contribution in [1.29, 1.82) is 0 Å². The number of aliphatic carboxylic acids is 1. The summed E-state index contributed by atoms with van der Waals surface area (Å²) in [5.41, 5.74) is -1.05. The fourth-order valence-corrected chi connectivity index (χ4v) is 1.01. The summed E-state index contributed by atoms with van der Waals surface area (Å²) in [6, 6.07) is 0. The molecule has 3 heteroatoms. The molecule has 0 saturated heterocycles. The highest BCUT2D eigenvalue weighted by atomic mass is 16.4. The lowest BCUT2D eigenvalue weighted by Crippen LogP contribution is -2.28. The fourth-order valence-electron chi connectivity index (χ4n) is 1.01. The first-order valence-corrected chi connectivity index (χ1v) is 4.27. The highest BCUT2D eigenvalue weighted by molar-refractivity contribution is 5.67. The van der Waals surface area contributed by atoms with Gasteiger partial charge >= 0.3 is 5.97 Å². The summed E-state index contributed by atoms with van der Waals surface area (Å²) in [7, 11) is 0. The summed E-state index contributed by atoms with van der Waals surface area (Å²) in [5, 5.41) is 18.0. The lowest BCUT2D eigenvalue weighted by molar-refractivity contribution is -0.142. The molecule has 3 nitrogen and oxygen atoms in total. The van der Waals surface area contributed by atoms with Gasteiger partial charge in [0.25, 0.3) is 0 Å². The Bertz CT molecular complexity index is 150. The Labute approximate surface area is 73.4 Å². The first kappa shape index (κ1) is 11.4. The Hall–Kier alpha value is -0.570. The molecule has 0 heterocycles. The van der Waals surface area contributed by atoms with Gasteiger partial charge in [0.2, 0.25) is 0 Å². The first-order valence-electron chi connectivity index (χ1n) is 4.27. The first-order chi connectivity index (χ1) is 5.33. The maximum absolute atomic E-state index is 10.3. The molecule has 0 aromatic heterocycles. The van der Waals surface area contributed by atoms with Crippen molar-refractivity contribution in [2.45, 2.75) is 45.6 Å². The smallest absolute Gasteiger partial charge is 0.306 e. The molecule has 0 aliphatic carbocycles. The Balaban J connectivity index is 3.78. The fraction of sp³-hybridized carbons (Fsp3) is 0.889. The molecule has 0 radical (unpaired) electrons. The molecular weight excluding hydrogens is 156 g/mol. The van der Waals surface area contributed by atoms with Crippen LogP contribution in [0.3, 0.4) is 0 Å². The van der Waals surface area contributed by atoms with E-state index in [0.717, 1.165) is 6.42 Å². The van der Waals surface area contributed by atoms with E-state index in [9.17, 15) is 9.90 Å². The molecule has 0 aliphatic rings. The van der Waals surface area contributed by atoms with Crippen molar-refractivity contribution < 1.29 is 15.0 Å². The number of rotatable bonds is 5. The zero-order valence-corrected chi connectivity index (χ0v) is 8.00. The lowest BCUT2D eigenvalue weighted by Gasteiger charge is -2.21. The van der Waals surface area contributed by atoms with Gasteiger partial charge in [0.05, 0.1) is 12.0 Å². The van der Waals surface area contributed by atoms with Gasteiger partial charge in [-0.3, -0.25) is 4.79 Å². The molecule has 0 rings (SSSR count). The van der Waals surface area contributed by atoms with Crippen LogP contribution >= 0.6 is 0 Å². The van der Waals surface area contributed by atoms with Crippen molar-refractivity contribution in [3.8, 4) is 0 Å². The molecule has 0 bridgehead atoms. The number of hydrogen-bond donors (Lipinski definition) is 2. The van der Waals surface area contributed by atoms with Gasteiger partial charge in [0, 0.05) is 0 Å². The zero-order valence-electron chi connectivity index (χ0n) is 8.00. The van der Waals surface area contributed by atoms with E-state index in [0.29, 0.717) is 12.3 Å². The van der Waals surface area contributed by atoms with E-state index < -0.39 is 11.6 Å². The van der Waals surface area contributed by atoms with Crippen molar-refractivity contribution in [2.75, 3.05) is 0 Å². The minimum Gasteiger partial charge on any atom is -0.481 e. The number of carboxylic acid groups (broad SMARTS) is 1. The van der Waals surface area contributed by atoms with Crippen LogP contribution in [0, 0.1) is 5.92 Å². The topological polar surface area (TPSA) is 57.5 Å². The summed E-state index contributed by atoms with van der Waals surface area (Å²) < 4.78 is 0. The van der Waals surface area contributed by atoms with Gasteiger partial charge in [-0.15, -0.1) is 0 Å². The molecular formula is C9H18O3. The number of carboxylic acids is 1. The van der Waals surface area contributed by atoms with E-state index in [1.165, 1.54) is 0 Å². The van der Waals surface area contributed by atoms with E-state index in [-0.39, 0.29) is 6.42 Å². The van der Waals surface area contributed by atoms with Crippen LogP contribution in [-0.2, 0) is 4.79 Å². The molecule has 0 fully saturated rings. The van der Waals surface area contributed by atoms with Gasteiger partial charge in [0.1, 0.15) is 0 Å². The van der Waals surface area contributed by atoms with Crippen LogP contribution < -0.4 is 0 Å². The molecule has 0 spiro atoms. The molecule has 12 heavy (non-hydrogen) atoms. The van der Waals surface area contributed by atoms with E-state index in [1.54, 1.807) is 6.92 Å². The third-order valence-electron chi connectivity index (χ3n) is 1.79. The maximum Gasteiger partial charge on any atom is 0.306 e. The number of aliphatic hydroxyl groups is 1. The number of carbonyl (C=O) groups is 1. The second kappa shape index (κ2) is 4.45. The second-order valence-corrected chi connectivity index (χ2v) is 4.00. The highest BCUT2D eigenvalue weighted by Gasteiger charge is 2.23. The van der Waals surface area contributed by atoms with Gasteiger partial charge in [-0.2, -0.15) is 0 Å². The standard InChI is InChI=1S/C9H18O3/c1-7(2)4-5-9(3,12)6-8(10)11/h7,12H,4-6H2,1-3H3,(H,10,11). The molecule has 1 unspecified atom stereocenters. The summed E-state index contributed by atoms with van der Waals surface area (Å²) in [6.45, 7) is 5.68. The third-order valence-corrected chi connectivity index (χ3v) is 1.79. The van der Waals surface area contributed by atoms with Gasteiger partial charge in [-0.25, -0.2) is 0 Å². The van der Waals surface area contributed by atoms with Crippen molar-refractivity contribution >= 4 is 5.97 Å². The maximum atomic E-state index is 10.3. The minimum atomic E-state index is -1.05. The summed E-state index contributed by atoms with van der Waals surface area (Å²) in [4.78, 5) is 10.3. The second-order valence-electron chi connectivity index (χ2n) is 4.00. The van der Waals surface area contributed by atoms with Crippen LogP contribution in [0.2, 0.25) is 0 Å². The van der Waals surface area contributed by atoms with E-state index in [2.05, 4.69) is 13.8 Å². The molecule has 2 N–H and O–H groups in total. The van der Waals surface area contributed by atoms with Crippen LogP contribution in [0.25, 0.3) is 0 Å². The quantitative estimate of drug-likeness (QED) is 0.666. The summed E-state index contributed by atoms with van der Waals surface area (Å²) >= 11 is 0. The van der Waals surface area contributed by atoms with Gasteiger partial charge in [-0.1, -0.05) is 13.8 Å². The molecule has 0 aromatic carbocycles. The van der Waals surface area contributed by atoms with E-state index in [1.807, 2.05) is 0 Å². The Morgan fingerprint density at radius 2 is 2.00 bits per heavy atom. The van der Waals surface area contributed by atoms with Crippen molar-refractivity contribution in [3.05, 3.63) is 0 Å². The van der Waals surface area contributed by atoms with Crippen molar-refractivity contribution in [2.24, 2.45) is 5.92 Å². The normalized spacial score (nSPS) is 16.1. The van der Waals surface area contributed by atoms with Crippen LogP contribution in [0.4, 0.5) is 0 Å². The Morgan fingerprint density at radius 3 is 2.33 bits per heavy atom. The zero-order chi connectivity index (χ0) is 9.78. The van der Waals surface area contributed by atoms with Gasteiger partial charge < -0.3 is 10.2 Å². The molecule has 0 amide bonds. The lowest BCUT2D eigenvalue weighted by atomic mass is 9.92. The molecule has 72 valence electrons. The summed E-state index contributed by atoms with van der Waals surface area (Å²) in [6.07, 6.45) is 1.25. The highest BCUT2D eigenvalue weighted by Crippen LogP contribution is 2.19. The van der Waals surface area contributed by atoms with E-state index in [4.69, 9.17) is 5.11 Å². The molecule has 0 aromatic rings. The van der Waals surface area contributed by atoms with Gasteiger partial charge in [-0.05, 0) is 25.7 Å². The Morgan fingerprint density at radius 1 is 1.50 bits per heavy atom. The predicted octanol–water partition coefficient (Wildman–Crippen LogP) is 1.65. The third kappa shape index (κ3) is 6.16. The van der Waals surface area contributed by atoms with Crippen LogP contribution in [0.5, 0.6) is 0 Å². The SMILES string of the molecule is CC(C)CCC(C)(O)CC(=O)O. The van der Waals surface area contributed by atoms with Gasteiger partial charge in [0.15, 0.2) is 0 Å². The van der Waals surface area contributed by atoms with Crippen LogP contribution in [0.15, 0.2) is 0 Å². The van der Waals surface area contributed by atoms with E-state index >= 15 is 0 Å². The van der Waals surface area contributed by atoms with Crippen molar-refractivity contribution in [3.63, 3.8) is 0 Å². The Kier molecular flexibility index (Phi) is 4.24. The predicted molar refractivity (Wildman–Crippen MR) is 46.9 cm³/mol. The monoisotopic (exact) mass is 174 g/mol. The van der Waals surface area contributed by atoms with Crippen LogP contribution in [-0.4, -0.2) is 21.8 Å². The van der Waals surface area contributed by atoms with Crippen molar-refractivity contribution in [1.82, 2.24) is 0 Å². The average Bonchev–Trinajstić information content (AvgIpc) is 1.81. The minimum absolute atomic E-state index is 0.167. The summed E-state index contributed by atoms with van der Waals surface area (Å²) in [5.74, 6) is -0.436. The van der Waals surface area contributed by atoms with Crippen LogP contribution in [0.1, 0.15) is 40.0 Å². The molecule has 0 saturated carbocycles. The molecule has 0 aliphatic heterocycles. The average molecular weight is 174 g/mol. The number of hydrogen-bond acceptors (Lipinski definition) is 2.